The highest BCUT2D eigenvalue weighted by molar-refractivity contribution is 5.76. The van der Waals surface area contributed by atoms with Crippen LogP contribution in [0.15, 0.2) is 48.8 Å². The minimum Gasteiger partial charge on any atom is -0.339 e. The van der Waals surface area contributed by atoms with E-state index < -0.39 is 0 Å². The monoisotopic (exact) mass is 325 g/mol. The number of nitrogens with one attached hydrogen (secondary N) is 1. The zero-order chi connectivity index (χ0) is 16.6. The minimum atomic E-state index is 0.212. The molecule has 1 amide bonds. The quantitative estimate of drug-likeness (QED) is 0.811. The van der Waals surface area contributed by atoms with Crippen LogP contribution in [0, 0.1) is 0 Å². The van der Waals surface area contributed by atoms with Gasteiger partial charge < -0.3 is 15.1 Å². The standard InChI is InChI=1S/C18H23N5O/c24-17(7-10-19-15-16-5-2-1-3-6-16)22-11-13-23(14-12-22)18-20-8-4-9-21-18/h1-6,8-9,19H,7,10-15H2. The van der Waals surface area contributed by atoms with Crippen LogP contribution in [0.1, 0.15) is 12.0 Å². The van der Waals surface area contributed by atoms with E-state index in [1.54, 1.807) is 12.4 Å². The van der Waals surface area contributed by atoms with Crippen LogP contribution in [0.25, 0.3) is 0 Å². The number of aromatic nitrogens is 2. The number of benzene rings is 1. The maximum Gasteiger partial charge on any atom is 0.225 e. The number of hydrogen-bond donors (Lipinski definition) is 1. The van der Waals surface area contributed by atoms with Crippen molar-refractivity contribution in [2.24, 2.45) is 0 Å². The van der Waals surface area contributed by atoms with E-state index in [2.05, 4.69) is 32.3 Å². The first-order chi connectivity index (χ1) is 11.8. The van der Waals surface area contributed by atoms with Gasteiger partial charge in [0.05, 0.1) is 0 Å². The van der Waals surface area contributed by atoms with Crippen molar-refractivity contribution < 1.29 is 4.79 Å². The van der Waals surface area contributed by atoms with Gasteiger partial charge >= 0.3 is 0 Å². The minimum absolute atomic E-state index is 0.212. The van der Waals surface area contributed by atoms with Crippen molar-refractivity contribution in [3.63, 3.8) is 0 Å². The summed E-state index contributed by atoms with van der Waals surface area (Å²) >= 11 is 0. The Labute approximate surface area is 142 Å². The number of carbonyl (C=O) groups is 1. The highest BCUT2D eigenvalue weighted by Crippen LogP contribution is 2.10. The Bertz CT molecular complexity index is 626. The van der Waals surface area contributed by atoms with Crippen LogP contribution in [0.3, 0.4) is 0 Å². The number of nitrogens with zero attached hydrogens (tertiary/aromatic N) is 4. The zero-order valence-corrected chi connectivity index (χ0v) is 13.8. The van der Waals surface area contributed by atoms with E-state index in [1.807, 2.05) is 29.2 Å². The molecule has 0 aliphatic carbocycles. The second-order valence-corrected chi connectivity index (χ2v) is 5.83. The molecule has 6 nitrogen and oxygen atoms in total. The van der Waals surface area contributed by atoms with E-state index in [-0.39, 0.29) is 5.91 Å². The zero-order valence-electron chi connectivity index (χ0n) is 13.8. The number of hydrogen-bond acceptors (Lipinski definition) is 5. The van der Waals surface area contributed by atoms with Gasteiger partial charge in [-0.15, -0.1) is 0 Å². The van der Waals surface area contributed by atoms with Crippen LogP contribution >= 0.6 is 0 Å². The van der Waals surface area contributed by atoms with Crippen LogP contribution in [0.2, 0.25) is 0 Å². The molecular formula is C18H23N5O. The van der Waals surface area contributed by atoms with E-state index in [0.29, 0.717) is 13.0 Å². The van der Waals surface area contributed by atoms with E-state index >= 15 is 0 Å². The third-order valence-corrected chi connectivity index (χ3v) is 4.15. The summed E-state index contributed by atoms with van der Waals surface area (Å²) in [6.45, 7) is 4.54. The summed E-state index contributed by atoms with van der Waals surface area (Å²) in [5, 5.41) is 3.33. The first kappa shape index (κ1) is 16.4. The van der Waals surface area contributed by atoms with Crippen LogP contribution in [0.4, 0.5) is 5.95 Å². The number of rotatable bonds is 6. The molecule has 0 unspecified atom stereocenters. The summed E-state index contributed by atoms with van der Waals surface area (Å²) in [7, 11) is 0. The van der Waals surface area contributed by atoms with Crippen LogP contribution in [-0.2, 0) is 11.3 Å². The van der Waals surface area contributed by atoms with Gasteiger partial charge in [0.25, 0.3) is 0 Å². The summed E-state index contributed by atoms with van der Waals surface area (Å²) in [4.78, 5) is 24.9. The van der Waals surface area contributed by atoms with E-state index in [1.165, 1.54) is 5.56 Å². The molecule has 0 radical (unpaired) electrons. The predicted octanol–water partition coefficient (Wildman–Crippen LogP) is 1.31. The molecule has 1 saturated heterocycles. The fourth-order valence-corrected chi connectivity index (χ4v) is 2.79. The summed E-state index contributed by atoms with van der Waals surface area (Å²) in [5.74, 6) is 0.957. The lowest BCUT2D eigenvalue weighted by Crippen LogP contribution is -2.49. The molecule has 1 aliphatic heterocycles. The first-order valence-corrected chi connectivity index (χ1v) is 8.37. The second-order valence-electron chi connectivity index (χ2n) is 5.83. The Morgan fingerprint density at radius 1 is 1.00 bits per heavy atom. The molecule has 2 aromatic rings. The Balaban J connectivity index is 1.36. The summed E-state index contributed by atoms with van der Waals surface area (Å²) < 4.78 is 0. The largest absolute Gasteiger partial charge is 0.339 e. The molecule has 126 valence electrons. The molecule has 1 aliphatic rings. The van der Waals surface area contributed by atoms with Gasteiger partial charge in [-0.2, -0.15) is 0 Å². The molecule has 2 heterocycles. The van der Waals surface area contributed by atoms with Crippen molar-refractivity contribution in [3.8, 4) is 0 Å². The number of piperazine rings is 1. The van der Waals surface area contributed by atoms with Gasteiger partial charge in [0.15, 0.2) is 0 Å². The summed E-state index contributed by atoms with van der Waals surface area (Å²) in [6, 6.07) is 12.0. The average Bonchev–Trinajstić information content (AvgIpc) is 2.67. The number of anilines is 1. The molecule has 6 heteroatoms. The number of carbonyl (C=O) groups excluding carboxylic acids is 1. The van der Waals surface area contributed by atoms with E-state index in [0.717, 1.165) is 38.7 Å². The molecule has 1 aromatic carbocycles. The van der Waals surface area contributed by atoms with Crippen LogP contribution in [-0.4, -0.2) is 53.5 Å². The fourth-order valence-electron chi connectivity index (χ4n) is 2.79. The maximum atomic E-state index is 12.3. The van der Waals surface area contributed by atoms with Crippen LogP contribution < -0.4 is 10.2 Å². The highest BCUT2D eigenvalue weighted by atomic mass is 16.2. The first-order valence-electron chi connectivity index (χ1n) is 8.37. The normalized spacial score (nSPS) is 14.7. The molecule has 0 saturated carbocycles. The maximum absolute atomic E-state index is 12.3. The van der Waals surface area contributed by atoms with Crippen molar-refractivity contribution >= 4 is 11.9 Å². The molecule has 0 bridgehead atoms. The smallest absolute Gasteiger partial charge is 0.225 e. The van der Waals surface area contributed by atoms with Gasteiger partial charge in [0, 0.05) is 58.1 Å². The van der Waals surface area contributed by atoms with Gasteiger partial charge in [0.1, 0.15) is 0 Å². The van der Waals surface area contributed by atoms with Crippen molar-refractivity contribution in [3.05, 3.63) is 54.4 Å². The number of amides is 1. The topological polar surface area (TPSA) is 61.4 Å². The third-order valence-electron chi connectivity index (χ3n) is 4.15. The SMILES string of the molecule is O=C(CCNCc1ccccc1)N1CCN(c2ncccn2)CC1. The second kappa shape index (κ2) is 8.40. The molecule has 1 aromatic heterocycles. The van der Waals surface area contributed by atoms with Crippen LogP contribution in [0.5, 0.6) is 0 Å². The van der Waals surface area contributed by atoms with Gasteiger partial charge in [0.2, 0.25) is 11.9 Å². The van der Waals surface area contributed by atoms with Crippen molar-refractivity contribution in [1.29, 1.82) is 0 Å². The lowest BCUT2D eigenvalue weighted by Gasteiger charge is -2.34. The molecule has 0 spiro atoms. The molecule has 0 atom stereocenters. The van der Waals surface area contributed by atoms with E-state index in [9.17, 15) is 4.79 Å². The van der Waals surface area contributed by atoms with Gasteiger partial charge in [-0.25, -0.2) is 9.97 Å². The van der Waals surface area contributed by atoms with Crippen molar-refractivity contribution in [2.45, 2.75) is 13.0 Å². The lowest BCUT2D eigenvalue weighted by atomic mass is 10.2. The Kier molecular flexibility index (Phi) is 5.74. The Morgan fingerprint density at radius 3 is 2.42 bits per heavy atom. The van der Waals surface area contributed by atoms with Crippen molar-refractivity contribution in [1.82, 2.24) is 20.2 Å². The van der Waals surface area contributed by atoms with Gasteiger partial charge in [-0.3, -0.25) is 4.79 Å². The molecule has 24 heavy (non-hydrogen) atoms. The molecule has 3 rings (SSSR count). The predicted molar refractivity (Wildman–Crippen MR) is 93.6 cm³/mol. The Hall–Kier alpha value is -2.47. The molecule has 1 fully saturated rings. The highest BCUT2D eigenvalue weighted by Gasteiger charge is 2.21. The fraction of sp³-hybridized carbons (Fsp3) is 0.389. The van der Waals surface area contributed by atoms with Crippen molar-refractivity contribution in [2.75, 3.05) is 37.6 Å². The van der Waals surface area contributed by atoms with E-state index in [4.69, 9.17) is 0 Å². The van der Waals surface area contributed by atoms with Gasteiger partial charge in [-0.1, -0.05) is 30.3 Å². The lowest BCUT2D eigenvalue weighted by molar-refractivity contribution is -0.131. The third kappa shape index (κ3) is 4.52. The van der Waals surface area contributed by atoms with Gasteiger partial charge in [-0.05, 0) is 11.6 Å². The average molecular weight is 325 g/mol. The summed E-state index contributed by atoms with van der Waals surface area (Å²) in [6.07, 6.45) is 4.03. The molecular weight excluding hydrogens is 302 g/mol. The Morgan fingerprint density at radius 2 is 1.71 bits per heavy atom. The summed E-state index contributed by atoms with van der Waals surface area (Å²) in [5.41, 5.74) is 1.24. The molecule has 1 N–H and O–H groups in total.